The lowest BCUT2D eigenvalue weighted by molar-refractivity contribution is -0.137. The van der Waals surface area contributed by atoms with E-state index in [9.17, 15) is 22.4 Å². The maximum atomic E-state index is 13.0. The summed E-state index contributed by atoms with van der Waals surface area (Å²) in [4.78, 5) is 20.5. The molecule has 28 heavy (non-hydrogen) atoms. The Hall–Kier alpha value is -3.49. The van der Waals surface area contributed by atoms with E-state index >= 15 is 0 Å². The van der Waals surface area contributed by atoms with Gasteiger partial charge < -0.3 is 10.6 Å². The number of carbonyl (C=O) groups is 1. The summed E-state index contributed by atoms with van der Waals surface area (Å²) < 4.78 is 51.5. The molecule has 0 saturated carbocycles. The normalized spacial score (nSPS) is 11.2. The van der Waals surface area contributed by atoms with Gasteiger partial charge in [-0.15, -0.1) is 0 Å². The van der Waals surface area contributed by atoms with E-state index in [4.69, 9.17) is 0 Å². The summed E-state index contributed by atoms with van der Waals surface area (Å²) in [7, 11) is 0. The molecular weight excluding hydrogens is 376 g/mol. The minimum Gasteiger partial charge on any atom is -0.340 e. The number of rotatable bonds is 4. The van der Waals surface area contributed by atoms with Gasteiger partial charge in [0.1, 0.15) is 23.2 Å². The van der Waals surface area contributed by atoms with Crippen molar-refractivity contribution in [1.82, 2.24) is 9.97 Å². The van der Waals surface area contributed by atoms with Gasteiger partial charge in [-0.05, 0) is 49.4 Å². The van der Waals surface area contributed by atoms with Gasteiger partial charge in [-0.2, -0.15) is 13.2 Å². The summed E-state index contributed by atoms with van der Waals surface area (Å²) in [5.74, 6) is -0.593. The number of carbonyl (C=O) groups excluding carboxylic acids is 1. The average molecular weight is 390 g/mol. The van der Waals surface area contributed by atoms with Crippen LogP contribution in [-0.4, -0.2) is 15.9 Å². The van der Waals surface area contributed by atoms with Crippen LogP contribution in [0.1, 0.15) is 21.9 Å². The standard InChI is InChI=1S/C19H14F4N4O/c1-11-24-16(18(28)27-14-7-5-13(20)6-8-14)10-17(25-11)26-15-4-2-3-12(9-15)19(21,22)23/h2-10H,1H3,(H,27,28)(H,24,25,26). The van der Waals surface area contributed by atoms with Crippen LogP contribution in [0.4, 0.5) is 34.8 Å². The zero-order valence-corrected chi connectivity index (χ0v) is 14.5. The summed E-state index contributed by atoms with van der Waals surface area (Å²) in [6.07, 6.45) is -4.47. The average Bonchev–Trinajstić information content (AvgIpc) is 2.62. The van der Waals surface area contributed by atoms with Crippen LogP contribution in [0.25, 0.3) is 0 Å². The van der Waals surface area contributed by atoms with Crippen molar-refractivity contribution in [2.45, 2.75) is 13.1 Å². The number of amides is 1. The molecule has 1 aromatic heterocycles. The molecule has 5 nitrogen and oxygen atoms in total. The van der Waals surface area contributed by atoms with Crippen LogP contribution in [0.15, 0.2) is 54.6 Å². The van der Waals surface area contributed by atoms with Crippen molar-refractivity contribution in [2.75, 3.05) is 10.6 Å². The quantitative estimate of drug-likeness (QED) is 0.620. The van der Waals surface area contributed by atoms with Gasteiger partial charge >= 0.3 is 6.18 Å². The van der Waals surface area contributed by atoms with E-state index in [1.54, 1.807) is 6.92 Å². The first kappa shape index (κ1) is 19.3. The zero-order valence-electron chi connectivity index (χ0n) is 14.5. The Kier molecular flexibility index (Phi) is 5.25. The molecule has 3 rings (SSSR count). The number of benzene rings is 2. The third-order valence-corrected chi connectivity index (χ3v) is 3.63. The second-order valence-electron chi connectivity index (χ2n) is 5.85. The molecule has 0 bridgehead atoms. The molecule has 1 heterocycles. The highest BCUT2D eigenvalue weighted by atomic mass is 19.4. The number of hydrogen-bond donors (Lipinski definition) is 2. The van der Waals surface area contributed by atoms with Crippen LogP contribution in [-0.2, 0) is 6.18 Å². The van der Waals surface area contributed by atoms with Gasteiger partial charge in [-0.3, -0.25) is 4.79 Å². The molecule has 144 valence electrons. The van der Waals surface area contributed by atoms with E-state index < -0.39 is 23.5 Å². The lowest BCUT2D eigenvalue weighted by Gasteiger charge is -2.11. The summed E-state index contributed by atoms with van der Waals surface area (Å²) in [6.45, 7) is 1.55. The molecule has 0 spiro atoms. The van der Waals surface area contributed by atoms with Crippen molar-refractivity contribution in [3.8, 4) is 0 Å². The fourth-order valence-electron chi connectivity index (χ4n) is 2.40. The molecule has 0 aliphatic carbocycles. The van der Waals surface area contributed by atoms with E-state index in [1.807, 2.05) is 0 Å². The van der Waals surface area contributed by atoms with Gasteiger partial charge in [-0.25, -0.2) is 14.4 Å². The van der Waals surface area contributed by atoms with E-state index in [0.29, 0.717) is 5.69 Å². The largest absolute Gasteiger partial charge is 0.416 e. The third-order valence-electron chi connectivity index (χ3n) is 3.63. The maximum absolute atomic E-state index is 13.0. The second-order valence-corrected chi connectivity index (χ2v) is 5.85. The Balaban J connectivity index is 1.81. The molecular formula is C19H14F4N4O. The van der Waals surface area contributed by atoms with Crippen LogP contribution < -0.4 is 10.6 Å². The minimum atomic E-state index is -4.47. The van der Waals surface area contributed by atoms with Gasteiger partial charge in [-0.1, -0.05) is 6.07 Å². The molecule has 0 radical (unpaired) electrons. The number of alkyl halides is 3. The maximum Gasteiger partial charge on any atom is 0.416 e. The van der Waals surface area contributed by atoms with Crippen molar-refractivity contribution in [3.63, 3.8) is 0 Å². The predicted octanol–water partition coefficient (Wildman–Crippen LogP) is 4.94. The van der Waals surface area contributed by atoms with Gasteiger partial charge in [0.25, 0.3) is 5.91 Å². The number of nitrogens with zero attached hydrogens (tertiary/aromatic N) is 2. The summed E-state index contributed by atoms with van der Waals surface area (Å²) >= 11 is 0. The van der Waals surface area contributed by atoms with Crippen molar-refractivity contribution < 1.29 is 22.4 Å². The molecule has 2 N–H and O–H groups in total. The van der Waals surface area contributed by atoms with Crippen LogP contribution in [0.5, 0.6) is 0 Å². The Morgan fingerprint density at radius 2 is 1.68 bits per heavy atom. The molecule has 0 fully saturated rings. The van der Waals surface area contributed by atoms with Gasteiger partial charge in [0.15, 0.2) is 0 Å². The zero-order chi connectivity index (χ0) is 20.3. The monoisotopic (exact) mass is 390 g/mol. The number of aromatic nitrogens is 2. The fourth-order valence-corrected chi connectivity index (χ4v) is 2.40. The number of aryl methyl sites for hydroxylation is 1. The van der Waals surface area contributed by atoms with Gasteiger partial charge in [0.05, 0.1) is 5.56 Å². The smallest absolute Gasteiger partial charge is 0.340 e. The summed E-state index contributed by atoms with van der Waals surface area (Å²) in [5, 5.41) is 5.30. The van der Waals surface area contributed by atoms with E-state index in [-0.39, 0.29) is 23.0 Å². The van der Waals surface area contributed by atoms with E-state index in [1.165, 1.54) is 42.5 Å². The summed E-state index contributed by atoms with van der Waals surface area (Å²) in [6, 6.07) is 11.1. The van der Waals surface area contributed by atoms with Gasteiger partial charge in [0, 0.05) is 17.4 Å². The van der Waals surface area contributed by atoms with Crippen molar-refractivity contribution >= 4 is 23.1 Å². The topological polar surface area (TPSA) is 66.9 Å². The van der Waals surface area contributed by atoms with Crippen LogP contribution in [0.2, 0.25) is 0 Å². The molecule has 0 aliphatic heterocycles. The number of nitrogens with one attached hydrogen (secondary N) is 2. The second kappa shape index (κ2) is 7.63. The minimum absolute atomic E-state index is 0.00583. The van der Waals surface area contributed by atoms with E-state index in [0.717, 1.165) is 12.1 Å². The first-order chi connectivity index (χ1) is 13.2. The summed E-state index contributed by atoms with van der Waals surface area (Å²) in [5.41, 5.74) is -0.267. The fraction of sp³-hybridized carbons (Fsp3) is 0.105. The Bertz CT molecular complexity index is 1000. The molecule has 1 amide bonds. The van der Waals surface area contributed by atoms with Gasteiger partial charge in [0.2, 0.25) is 0 Å². The molecule has 0 saturated heterocycles. The first-order valence-corrected chi connectivity index (χ1v) is 8.07. The van der Waals surface area contributed by atoms with Crippen LogP contribution in [0.3, 0.4) is 0 Å². The van der Waals surface area contributed by atoms with Crippen molar-refractivity contribution in [1.29, 1.82) is 0 Å². The molecule has 2 aromatic carbocycles. The lowest BCUT2D eigenvalue weighted by atomic mass is 10.2. The SMILES string of the molecule is Cc1nc(Nc2cccc(C(F)(F)F)c2)cc(C(=O)Nc2ccc(F)cc2)n1. The highest BCUT2D eigenvalue weighted by Crippen LogP contribution is 2.31. The molecule has 9 heteroatoms. The molecule has 0 atom stereocenters. The number of hydrogen-bond acceptors (Lipinski definition) is 4. The third kappa shape index (κ3) is 4.81. The Labute approximate surface area is 157 Å². The Morgan fingerprint density at radius 1 is 0.964 bits per heavy atom. The van der Waals surface area contributed by atoms with Crippen LogP contribution in [0, 0.1) is 12.7 Å². The molecule has 0 unspecified atom stereocenters. The van der Waals surface area contributed by atoms with E-state index in [2.05, 4.69) is 20.6 Å². The highest BCUT2D eigenvalue weighted by molar-refractivity contribution is 6.03. The predicted molar refractivity (Wildman–Crippen MR) is 95.8 cm³/mol. The van der Waals surface area contributed by atoms with Crippen molar-refractivity contribution in [2.24, 2.45) is 0 Å². The number of halogens is 4. The number of anilines is 3. The molecule has 3 aromatic rings. The Morgan fingerprint density at radius 3 is 2.36 bits per heavy atom. The highest BCUT2D eigenvalue weighted by Gasteiger charge is 2.30. The van der Waals surface area contributed by atoms with Crippen molar-refractivity contribution in [3.05, 3.63) is 77.5 Å². The molecule has 0 aliphatic rings. The lowest BCUT2D eigenvalue weighted by Crippen LogP contribution is -2.15. The first-order valence-electron chi connectivity index (χ1n) is 8.07. The van der Waals surface area contributed by atoms with Crippen LogP contribution >= 0.6 is 0 Å².